The maximum Gasteiger partial charge on any atom is 0.299 e. The van der Waals surface area contributed by atoms with Crippen LogP contribution < -0.4 is 15.2 Å². The number of hydrogen-bond acceptors (Lipinski definition) is 3. The average Bonchev–Trinajstić information content (AvgIpc) is 2.18. The zero-order valence-electron chi connectivity index (χ0n) is 9.90. The van der Waals surface area contributed by atoms with Gasteiger partial charge < -0.3 is 5.73 Å². The number of hydrogen-bond donors (Lipinski definition) is 3. The van der Waals surface area contributed by atoms with Crippen LogP contribution in [-0.4, -0.2) is 19.4 Å². The highest BCUT2D eigenvalue weighted by atomic mass is 79.9. The Bertz CT molecular complexity index is 558. The molecule has 4 N–H and O–H groups in total. The summed E-state index contributed by atoms with van der Waals surface area (Å²) in [5, 5.41) is 0. The molecule has 8 heteroatoms. The zero-order chi connectivity index (χ0) is 13.9. The molecule has 0 aliphatic rings. The van der Waals surface area contributed by atoms with E-state index in [0.29, 0.717) is 11.3 Å². The smallest absolute Gasteiger partial charge is 0.299 e. The first-order valence-electron chi connectivity index (χ1n) is 5.10. The maximum atomic E-state index is 11.8. The van der Waals surface area contributed by atoms with Gasteiger partial charge in [-0.15, -0.1) is 0 Å². The molecule has 0 aliphatic carbocycles. The minimum Gasteiger partial charge on any atom is -0.389 e. The Hall–Kier alpha value is -0.700. The fraction of sp³-hybridized carbons (Fsp3) is 0.300. The average molecular weight is 352 g/mol. The van der Waals surface area contributed by atoms with Gasteiger partial charge in [-0.3, -0.25) is 4.72 Å². The Morgan fingerprint density at radius 2 is 2.06 bits per heavy atom. The van der Waals surface area contributed by atoms with Crippen molar-refractivity contribution in [2.24, 2.45) is 5.73 Å². The van der Waals surface area contributed by atoms with Crippen molar-refractivity contribution in [2.45, 2.75) is 19.9 Å². The van der Waals surface area contributed by atoms with Crippen molar-refractivity contribution in [2.75, 3.05) is 4.72 Å². The van der Waals surface area contributed by atoms with Crippen LogP contribution in [0.3, 0.4) is 0 Å². The molecule has 18 heavy (non-hydrogen) atoms. The van der Waals surface area contributed by atoms with Crippen LogP contribution in [0.2, 0.25) is 0 Å². The van der Waals surface area contributed by atoms with Gasteiger partial charge in [0.05, 0.1) is 5.69 Å². The van der Waals surface area contributed by atoms with Crippen LogP contribution in [0.5, 0.6) is 0 Å². The summed E-state index contributed by atoms with van der Waals surface area (Å²) < 4.78 is 29.1. The molecule has 0 aliphatic heterocycles. The molecule has 0 saturated carbocycles. The quantitative estimate of drug-likeness (QED) is 0.705. The molecule has 0 heterocycles. The van der Waals surface area contributed by atoms with E-state index in [-0.39, 0.29) is 11.0 Å². The number of nitrogens with one attached hydrogen (secondary N) is 2. The van der Waals surface area contributed by atoms with Gasteiger partial charge in [0.2, 0.25) is 0 Å². The van der Waals surface area contributed by atoms with Crippen LogP contribution in [0, 0.1) is 0 Å². The molecule has 0 aromatic heterocycles. The highest BCUT2D eigenvalue weighted by Gasteiger charge is 2.15. The van der Waals surface area contributed by atoms with E-state index in [1.54, 1.807) is 32.0 Å². The van der Waals surface area contributed by atoms with Crippen molar-refractivity contribution >= 4 is 49.0 Å². The third kappa shape index (κ3) is 4.52. The van der Waals surface area contributed by atoms with Gasteiger partial charge in [-0.25, -0.2) is 0 Å². The van der Waals surface area contributed by atoms with Crippen molar-refractivity contribution in [1.29, 1.82) is 0 Å². The van der Waals surface area contributed by atoms with Crippen LogP contribution in [-0.2, 0) is 10.2 Å². The van der Waals surface area contributed by atoms with Gasteiger partial charge in [0, 0.05) is 16.1 Å². The number of anilines is 1. The lowest BCUT2D eigenvalue weighted by atomic mass is 10.2. The molecule has 100 valence electrons. The standard InChI is InChI=1S/C10H14BrN3O2S2/c1-6(2)13-18(15,16)14-9-4-3-7(11)5-8(9)10(12)17/h3-6,13-14H,1-2H3,(H2,12,17). The van der Waals surface area contributed by atoms with E-state index < -0.39 is 10.2 Å². The van der Waals surface area contributed by atoms with Gasteiger partial charge in [-0.05, 0) is 32.0 Å². The van der Waals surface area contributed by atoms with Crippen LogP contribution in [0.4, 0.5) is 5.69 Å². The summed E-state index contributed by atoms with van der Waals surface area (Å²) in [7, 11) is -3.63. The molecular weight excluding hydrogens is 338 g/mol. The lowest BCUT2D eigenvalue weighted by Gasteiger charge is -2.14. The van der Waals surface area contributed by atoms with Crippen LogP contribution >= 0.6 is 28.1 Å². The van der Waals surface area contributed by atoms with Gasteiger partial charge in [-0.1, -0.05) is 28.1 Å². The zero-order valence-corrected chi connectivity index (χ0v) is 13.1. The second-order valence-corrected chi connectivity index (χ2v) is 6.73. The van der Waals surface area contributed by atoms with E-state index in [2.05, 4.69) is 25.4 Å². The topological polar surface area (TPSA) is 84.2 Å². The first-order chi connectivity index (χ1) is 8.21. The molecule has 0 saturated heterocycles. The predicted octanol–water partition coefficient (Wildman–Crippen LogP) is 1.74. The molecule has 0 spiro atoms. The minimum atomic E-state index is -3.63. The number of halogens is 1. The van der Waals surface area contributed by atoms with Crippen molar-refractivity contribution in [3.8, 4) is 0 Å². The highest BCUT2D eigenvalue weighted by Crippen LogP contribution is 2.21. The van der Waals surface area contributed by atoms with E-state index in [1.165, 1.54) is 0 Å². The van der Waals surface area contributed by atoms with Gasteiger partial charge in [-0.2, -0.15) is 13.1 Å². The highest BCUT2D eigenvalue weighted by molar-refractivity contribution is 9.10. The first kappa shape index (κ1) is 15.4. The van der Waals surface area contributed by atoms with Crippen molar-refractivity contribution in [3.05, 3.63) is 28.2 Å². The lowest BCUT2D eigenvalue weighted by Crippen LogP contribution is -2.35. The Morgan fingerprint density at radius 3 is 2.56 bits per heavy atom. The molecule has 1 rings (SSSR count). The summed E-state index contributed by atoms with van der Waals surface area (Å²) in [4.78, 5) is 0.124. The van der Waals surface area contributed by atoms with Crippen molar-refractivity contribution < 1.29 is 8.42 Å². The Kier molecular flexibility index (Phi) is 5.09. The Labute approximate surface area is 120 Å². The van der Waals surface area contributed by atoms with Crippen LogP contribution in [0.25, 0.3) is 0 Å². The number of rotatable bonds is 5. The van der Waals surface area contributed by atoms with E-state index >= 15 is 0 Å². The van der Waals surface area contributed by atoms with Gasteiger partial charge in [0.1, 0.15) is 4.99 Å². The molecule has 0 atom stereocenters. The van der Waals surface area contributed by atoms with E-state index in [1.807, 2.05) is 0 Å². The molecule has 5 nitrogen and oxygen atoms in total. The molecule has 1 aromatic rings. The maximum absolute atomic E-state index is 11.8. The van der Waals surface area contributed by atoms with Crippen LogP contribution in [0.15, 0.2) is 22.7 Å². The van der Waals surface area contributed by atoms with E-state index in [0.717, 1.165) is 4.47 Å². The monoisotopic (exact) mass is 351 g/mol. The summed E-state index contributed by atoms with van der Waals surface area (Å²) in [6.07, 6.45) is 0. The number of thiocarbonyl (C=S) groups is 1. The normalized spacial score (nSPS) is 11.6. The van der Waals surface area contributed by atoms with Gasteiger partial charge in [0.15, 0.2) is 0 Å². The summed E-state index contributed by atoms with van der Waals surface area (Å²) in [6, 6.07) is 4.76. The minimum absolute atomic E-state index is 0.124. The van der Waals surface area contributed by atoms with Crippen molar-refractivity contribution in [1.82, 2.24) is 4.72 Å². The predicted molar refractivity (Wildman–Crippen MR) is 80.8 cm³/mol. The first-order valence-corrected chi connectivity index (χ1v) is 7.79. The molecule has 0 radical (unpaired) electrons. The largest absolute Gasteiger partial charge is 0.389 e. The Balaban J connectivity index is 3.08. The van der Waals surface area contributed by atoms with Crippen molar-refractivity contribution in [3.63, 3.8) is 0 Å². The van der Waals surface area contributed by atoms with E-state index in [9.17, 15) is 8.42 Å². The third-order valence-electron chi connectivity index (χ3n) is 1.88. The SMILES string of the molecule is CC(C)NS(=O)(=O)Nc1ccc(Br)cc1C(N)=S. The third-order valence-corrected chi connectivity index (χ3v) is 3.87. The molecule has 1 aromatic carbocycles. The summed E-state index contributed by atoms with van der Waals surface area (Å²) in [5.41, 5.74) is 6.37. The lowest BCUT2D eigenvalue weighted by molar-refractivity contribution is 0.575. The molecular formula is C10H14BrN3O2S2. The summed E-state index contributed by atoms with van der Waals surface area (Å²) in [6.45, 7) is 3.46. The van der Waals surface area contributed by atoms with Gasteiger partial charge >= 0.3 is 0 Å². The Morgan fingerprint density at radius 1 is 1.44 bits per heavy atom. The number of benzene rings is 1. The molecule has 0 bridgehead atoms. The number of nitrogens with two attached hydrogens (primary N) is 1. The second kappa shape index (κ2) is 5.96. The fourth-order valence-electron chi connectivity index (χ4n) is 1.29. The summed E-state index contributed by atoms with van der Waals surface area (Å²) >= 11 is 8.16. The van der Waals surface area contributed by atoms with Gasteiger partial charge in [0.25, 0.3) is 10.2 Å². The second-order valence-electron chi connectivity index (χ2n) is 3.93. The molecule has 0 amide bonds. The van der Waals surface area contributed by atoms with Crippen LogP contribution in [0.1, 0.15) is 19.4 Å². The molecule has 0 fully saturated rings. The summed E-state index contributed by atoms with van der Waals surface area (Å²) in [5.74, 6) is 0. The fourth-order valence-corrected chi connectivity index (χ4v) is 2.97. The van der Waals surface area contributed by atoms with E-state index in [4.69, 9.17) is 18.0 Å². The molecule has 0 unspecified atom stereocenters.